The van der Waals surface area contributed by atoms with Crippen molar-refractivity contribution in [1.82, 2.24) is 10.3 Å². The molecule has 1 aromatic heterocycles. The van der Waals surface area contributed by atoms with Gasteiger partial charge in [0.25, 0.3) is 5.91 Å². The zero-order valence-electron chi connectivity index (χ0n) is 7.02. The fraction of sp³-hybridized carbons (Fsp3) is 0. The van der Waals surface area contributed by atoms with E-state index in [9.17, 15) is 4.79 Å². The standard InChI is InChI=1S/C9H5N3OS/c10-4-11-9(13)6-1-2-7-8(3-6)14-5-12-7/h1-3,5H,(H,11,13). The smallest absolute Gasteiger partial charge is 0.264 e. The van der Waals surface area contributed by atoms with Gasteiger partial charge < -0.3 is 0 Å². The number of hydrogen-bond acceptors (Lipinski definition) is 4. The number of carbonyl (C=O) groups excluding carboxylic acids is 1. The molecule has 0 unspecified atom stereocenters. The highest BCUT2D eigenvalue weighted by Crippen LogP contribution is 2.18. The van der Waals surface area contributed by atoms with Gasteiger partial charge in [0.1, 0.15) is 0 Å². The van der Waals surface area contributed by atoms with Crippen LogP contribution in [0.15, 0.2) is 23.7 Å². The molecule has 1 amide bonds. The summed E-state index contributed by atoms with van der Waals surface area (Å²) in [5, 5.41) is 10.3. The fourth-order valence-corrected chi connectivity index (χ4v) is 1.84. The Bertz CT molecular complexity index is 526. The van der Waals surface area contributed by atoms with E-state index < -0.39 is 0 Å². The molecule has 0 saturated heterocycles. The summed E-state index contributed by atoms with van der Waals surface area (Å²) in [5.74, 6) is -0.386. The second-order valence-corrected chi connectivity index (χ2v) is 3.49. The third-order valence-corrected chi connectivity index (χ3v) is 2.55. The molecule has 5 heteroatoms. The third-order valence-electron chi connectivity index (χ3n) is 1.76. The number of nitrogens with one attached hydrogen (secondary N) is 1. The number of nitriles is 1. The quantitative estimate of drug-likeness (QED) is 0.564. The second kappa shape index (κ2) is 3.44. The van der Waals surface area contributed by atoms with Crippen molar-refractivity contribution in [3.63, 3.8) is 0 Å². The van der Waals surface area contributed by atoms with Gasteiger partial charge in [0, 0.05) is 5.56 Å². The normalized spacial score (nSPS) is 9.64. The monoisotopic (exact) mass is 203 g/mol. The molecule has 2 aromatic rings. The Kier molecular flexibility index (Phi) is 2.13. The van der Waals surface area contributed by atoms with Crippen LogP contribution in [0.25, 0.3) is 10.2 Å². The highest BCUT2D eigenvalue weighted by Gasteiger charge is 2.05. The van der Waals surface area contributed by atoms with Gasteiger partial charge in [-0.25, -0.2) is 4.98 Å². The Morgan fingerprint density at radius 2 is 2.43 bits per heavy atom. The van der Waals surface area contributed by atoms with E-state index in [2.05, 4.69) is 10.3 Å². The number of aromatic nitrogens is 1. The van der Waals surface area contributed by atoms with Gasteiger partial charge in [-0.05, 0) is 18.2 Å². The summed E-state index contributed by atoms with van der Waals surface area (Å²) < 4.78 is 0.940. The lowest BCUT2D eigenvalue weighted by atomic mass is 10.2. The topological polar surface area (TPSA) is 65.8 Å². The molecule has 14 heavy (non-hydrogen) atoms. The molecule has 0 aliphatic carbocycles. The molecule has 1 N–H and O–H groups in total. The van der Waals surface area contributed by atoms with Crippen LogP contribution >= 0.6 is 11.3 Å². The first kappa shape index (κ1) is 8.66. The van der Waals surface area contributed by atoms with E-state index in [-0.39, 0.29) is 5.91 Å². The van der Waals surface area contributed by atoms with Crippen molar-refractivity contribution in [2.75, 3.05) is 0 Å². The Morgan fingerprint density at radius 1 is 1.57 bits per heavy atom. The molecule has 0 aliphatic heterocycles. The van der Waals surface area contributed by atoms with E-state index in [1.165, 1.54) is 11.3 Å². The maximum Gasteiger partial charge on any atom is 0.264 e. The minimum absolute atomic E-state index is 0.386. The number of nitrogens with zero attached hydrogens (tertiary/aromatic N) is 2. The van der Waals surface area contributed by atoms with Gasteiger partial charge in [0.2, 0.25) is 0 Å². The molecule has 68 valence electrons. The van der Waals surface area contributed by atoms with E-state index >= 15 is 0 Å². The summed E-state index contributed by atoms with van der Waals surface area (Å²) >= 11 is 1.46. The Balaban J connectivity index is 2.44. The first-order chi connectivity index (χ1) is 6.81. The molecular formula is C9H5N3OS. The van der Waals surface area contributed by atoms with Crippen molar-refractivity contribution in [3.8, 4) is 6.19 Å². The van der Waals surface area contributed by atoms with Gasteiger partial charge in [-0.2, -0.15) is 5.26 Å². The SMILES string of the molecule is N#CNC(=O)c1ccc2ncsc2c1. The molecule has 4 nitrogen and oxygen atoms in total. The van der Waals surface area contributed by atoms with Crippen LogP contribution in [0, 0.1) is 11.5 Å². The van der Waals surface area contributed by atoms with Gasteiger partial charge in [-0.3, -0.25) is 10.1 Å². The first-order valence-electron chi connectivity index (χ1n) is 3.84. The molecule has 0 fully saturated rings. The summed E-state index contributed by atoms with van der Waals surface area (Å²) in [4.78, 5) is 15.3. The third kappa shape index (κ3) is 1.43. The molecule has 1 heterocycles. The van der Waals surface area contributed by atoms with Crippen molar-refractivity contribution in [2.24, 2.45) is 0 Å². The Labute approximate surface area is 83.8 Å². The van der Waals surface area contributed by atoms with Crippen molar-refractivity contribution < 1.29 is 4.79 Å². The minimum Gasteiger partial charge on any atom is -0.268 e. The number of hydrogen-bond donors (Lipinski definition) is 1. The lowest BCUT2D eigenvalue weighted by Crippen LogP contribution is -2.16. The second-order valence-electron chi connectivity index (χ2n) is 2.60. The lowest BCUT2D eigenvalue weighted by Gasteiger charge is -1.96. The number of benzene rings is 1. The van der Waals surface area contributed by atoms with Crippen molar-refractivity contribution >= 4 is 27.5 Å². The van der Waals surface area contributed by atoms with E-state index in [1.54, 1.807) is 29.9 Å². The van der Waals surface area contributed by atoms with Crippen LogP contribution in [0.1, 0.15) is 10.4 Å². The molecule has 0 bridgehead atoms. The number of thiazole rings is 1. The highest BCUT2D eigenvalue weighted by molar-refractivity contribution is 7.16. The highest BCUT2D eigenvalue weighted by atomic mass is 32.1. The minimum atomic E-state index is -0.386. The van der Waals surface area contributed by atoms with Crippen LogP contribution in [0.2, 0.25) is 0 Å². The molecule has 2 rings (SSSR count). The lowest BCUT2D eigenvalue weighted by molar-refractivity contribution is 0.0973. The molecule has 0 aliphatic rings. The van der Waals surface area contributed by atoms with Crippen LogP contribution in [0.5, 0.6) is 0 Å². The van der Waals surface area contributed by atoms with E-state index in [0.29, 0.717) is 5.56 Å². The Hall–Kier alpha value is -1.93. The summed E-state index contributed by atoms with van der Waals surface area (Å²) in [6.45, 7) is 0. The first-order valence-corrected chi connectivity index (χ1v) is 4.72. The predicted molar refractivity (Wildman–Crippen MR) is 52.7 cm³/mol. The maximum absolute atomic E-state index is 11.3. The Morgan fingerprint density at radius 3 is 3.21 bits per heavy atom. The molecular weight excluding hydrogens is 198 g/mol. The summed E-state index contributed by atoms with van der Waals surface area (Å²) in [7, 11) is 0. The number of amides is 1. The van der Waals surface area contributed by atoms with Crippen LogP contribution in [0.4, 0.5) is 0 Å². The van der Waals surface area contributed by atoms with Crippen molar-refractivity contribution in [2.45, 2.75) is 0 Å². The zero-order chi connectivity index (χ0) is 9.97. The predicted octanol–water partition coefficient (Wildman–Crippen LogP) is 1.51. The average Bonchev–Trinajstić information content (AvgIpc) is 2.64. The average molecular weight is 203 g/mol. The molecule has 0 atom stereocenters. The van der Waals surface area contributed by atoms with Crippen molar-refractivity contribution in [3.05, 3.63) is 29.3 Å². The van der Waals surface area contributed by atoms with Crippen LogP contribution in [-0.2, 0) is 0 Å². The van der Waals surface area contributed by atoms with E-state index in [4.69, 9.17) is 5.26 Å². The molecule has 0 spiro atoms. The van der Waals surface area contributed by atoms with Crippen molar-refractivity contribution in [1.29, 1.82) is 5.26 Å². The molecule has 0 saturated carbocycles. The number of carbonyl (C=O) groups is 1. The summed E-state index contributed by atoms with van der Waals surface area (Å²) in [5.41, 5.74) is 3.06. The van der Waals surface area contributed by atoms with Crippen LogP contribution in [0.3, 0.4) is 0 Å². The van der Waals surface area contributed by atoms with Gasteiger partial charge in [0.15, 0.2) is 6.19 Å². The fourth-order valence-electron chi connectivity index (χ4n) is 1.12. The molecule has 1 aromatic carbocycles. The summed E-state index contributed by atoms with van der Waals surface area (Å²) in [6, 6.07) is 5.13. The van der Waals surface area contributed by atoms with E-state index in [0.717, 1.165) is 10.2 Å². The number of rotatable bonds is 1. The number of fused-ring (bicyclic) bond motifs is 1. The molecule has 0 radical (unpaired) electrons. The largest absolute Gasteiger partial charge is 0.268 e. The maximum atomic E-state index is 11.3. The van der Waals surface area contributed by atoms with Gasteiger partial charge in [-0.1, -0.05) is 0 Å². The summed E-state index contributed by atoms with van der Waals surface area (Å²) in [6.07, 6.45) is 1.60. The van der Waals surface area contributed by atoms with Crippen LogP contribution in [-0.4, -0.2) is 10.9 Å². The van der Waals surface area contributed by atoms with Gasteiger partial charge >= 0.3 is 0 Å². The zero-order valence-corrected chi connectivity index (χ0v) is 7.84. The van der Waals surface area contributed by atoms with Gasteiger partial charge in [-0.15, -0.1) is 11.3 Å². The van der Waals surface area contributed by atoms with Gasteiger partial charge in [0.05, 0.1) is 15.7 Å². The van der Waals surface area contributed by atoms with E-state index in [1.807, 2.05) is 0 Å². The van der Waals surface area contributed by atoms with Crippen LogP contribution < -0.4 is 5.32 Å².